The van der Waals surface area contributed by atoms with Gasteiger partial charge in [0.25, 0.3) is 0 Å². The van der Waals surface area contributed by atoms with E-state index in [-0.39, 0.29) is 24.8 Å². The molecular formula is C20H21F3N2O4. The summed E-state index contributed by atoms with van der Waals surface area (Å²) in [5, 5.41) is 12.8. The molecule has 1 heterocycles. The van der Waals surface area contributed by atoms with E-state index < -0.39 is 30.0 Å². The summed E-state index contributed by atoms with van der Waals surface area (Å²) < 4.78 is 49.5. The van der Waals surface area contributed by atoms with E-state index in [1.165, 1.54) is 13.0 Å². The van der Waals surface area contributed by atoms with E-state index in [4.69, 9.17) is 9.47 Å². The number of amides is 1. The Hall–Kier alpha value is -3.07. The minimum absolute atomic E-state index is 0.0108. The minimum atomic E-state index is -4.66. The lowest BCUT2D eigenvalue weighted by molar-refractivity contribution is -0.137. The number of alkyl carbamates (subject to hydrolysis) is 1. The first kappa shape index (κ1) is 22.2. The lowest BCUT2D eigenvalue weighted by Gasteiger charge is -2.21. The van der Waals surface area contributed by atoms with Crippen LogP contribution in [-0.4, -0.2) is 28.8 Å². The van der Waals surface area contributed by atoms with Gasteiger partial charge < -0.3 is 19.9 Å². The number of aliphatic hydroxyl groups excluding tert-OH is 1. The average molecular weight is 410 g/mol. The van der Waals surface area contributed by atoms with Crippen LogP contribution in [-0.2, 0) is 17.5 Å². The van der Waals surface area contributed by atoms with Crippen molar-refractivity contribution >= 4 is 6.09 Å². The number of nitrogens with zero attached hydrogens (tertiary/aromatic N) is 1. The van der Waals surface area contributed by atoms with Gasteiger partial charge in [-0.1, -0.05) is 43.0 Å². The molecule has 0 saturated carbocycles. The van der Waals surface area contributed by atoms with Crippen molar-refractivity contribution in [3.8, 4) is 5.88 Å². The van der Waals surface area contributed by atoms with E-state index in [1.54, 1.807) is 24.3 Å². The van der Waals surface area contributed by atoms with E-state index in [9.17, 15) is 23.1 Å². The van der Waals surface area contributed by atoms with Gasteiger partial charge in [0.2, 0.25) is 5.88 Å². The van der Waals surface area contributed by atoms with Crippen molar-refractivity contribution in [1.82, 2.24) is 10.3 Å². The number of hydrogen-bond donors (Lipinski definition) is 2. The number of alkyl halides is 3. The number of carbonyl (C=O) groups excluding carboxylic acids is 1. The highest BCUT2D eigenvalue weighted by Crippen LogP contribution is 2.33. The van der Waals surface area contributed by atoms with Crippen molar-refractivity contribution in [2.24, 2.45) is 0 Å². The molecule has 2 rings (SSSR count). The Balaban J connectivity index is 2.07. The standard InChI is InChI=1S/C20H21F3N2O4/c1-3-9-28-17-11-15(20(21,22)23)10-16(25-17)18(26)13(2)24-19(27)29-12-14-7-5-4-6-8-14/h3-8,10-11,13,18,26H,1,9,12H2,2H3,(H,24,27)/t13-,18?/m0/s1. The smallest absolute Gasteiger partial charge is 0.416 e. The highest BCUT2D eigenvalue weighted by atomic mass is 19.4. The molecule has 1 aromatic carbocycles. The number of pyridine rings is 1. The van der Waals surface area contributed by atoms with Crippen molar-refractivity contribution in [2.45, 2.75) is 31.9 Å². The number of carbonyl (C=O) groups is 1. The van der Waals surface area contributed by atoms with Crippen molar-refractivity contribution in [3.63, 3.8) is 0 Å². The molecule has 2 atom stereocenters. The molecule has 1 aromatic heterocycles. The zero-order valence-corrected chi connectivity index (χ0v) is 15.6. The Morgan fingerprint density at radius 2 is 2.00 bits per heavy atom. The lowest BCUT2D eigenvalue weighted by Crippen LogP contribution is -2.37. The van der Waals surface area contributed by atoms with Crippen LogP contribution >= 0.6 is 0 Å². The summed E-state index contributed by atoms with van der Waals surface area (Å²) in [5.74, 6) is -0.312. The van der Waals surface area contributed by atoms with Crippen LogP contribution in [0.25, 0.3) is 0 Å². The Kier molecular flexibility index (Phi) is 7.60. The topological polar surface area (TPSA) is 80.7 Å². The molecule has 1 amide bonds. The maximum atomic E-state index is 13.1. The number of hydrogen-bond acceptors (Lipinski definition) is 5. The molecule has 2 aromatic rings. The Labute approximate surface area is 166 Å². The fourth-order valence-electron chi connectivity index (χ4n) is 2.34. The minimum Gasteiger partial charge on any atom is -0.473 e. The predicted molar refractivity (Wildman–Crippen MR) is 99.1 cm³/mol. The number of nitrogens with one attached hydrogen (secondary N) is 1. The number of rotatable bonds is 8. The summed E-state index contributed by atoms with van der Waals surface area (Å²) in [5.41, 5.74) is -0.561. The molecule has 0 radical (unpaired) electrons. The fraction of sp³-hybridized carbons (Fsp3) is 0.300. The molecule has 0 aliphatic heterocycles. The molecule has 0 saturated heterocycles. The van der Waals surface area contributed by atoms with Crippen LogP contribution in [0.1, 0.15) is 29.8 Å². The maximum absolute atomic E-state index is 13.1. The van der Waals surface area contributed by atoms with Crippen LogP contribution in [0, 0.1) is 0 Å². The van der Waals surface area contributed by atoms with E-state index in [0.717, 1.165) is 11.6 Å². The number of aromatic nitrogens is 1. The van der Waals surface area contributed by atoms with Gasteiger partial charge in [-0.15, -0.1) is 0 Å². The van der Waals surface area contributed by atoms with Gasteiger partial charge in [-0.25, -0.2) is 9.78 Å². The summed E-state index contributed by atoms with van der Waals surface area (Å²) in [6, 6.07) is 9.39. The van der Waals surface area contributed by atoms with Gasteiger partial charge in [-0.2, -0.15) is 13.2 Å². The summed E-state index contributed by atoms with van der Waals surface area (Å²) in [7, 11) is 0. The molecule has 1 unspecified atom stereocenters. The SMILES string of the molecule is C=CCOc1cc(C(F)(F)F)cc(C(O)[C@H](C)NC(=O)OCc2ccccc2)n1. The van der Waals surface area contributed by atoms with Gasteiger partial charge in [0.1, 0.15) is 19.3 Å². The molecule has 0 aliphatic rings. The molecule has 29 heavy (non-hydrogen) atoms. The third kappa shape index (κ3) is 6.79. The van der Waals surface area contributed by atoms with Crippen LogP contribution in [0.4, 0.5) is 18.0 Å². The van der Waals surface area contributed by atoms with Crippen molar-refractivity contribution in [2.75, 3.05) is 6.61 Å². The first-order valence-electron chi connectivity index (χ1n) is 8.69. The van der Waals surface area contributed by atoms with Crippen molar-refractivity contribution < 1.29 is 32.5 Å². The van der Waals surface area contributed by atoms with Crippen LogP contribution in [0.5, 0.6) is 5.88 Å². The van der Waals surface area contributed by atoms with Crippen LogP contribution < -0.4 is 10.1 Å². The first-order chi connectivity index (χ1) is 13.7. The number of ether oxygens (including phenoxy) is 2. The summed E-state index contributed by atoms with van der Waals surface area (Å²) in [6.07, 6.45) is -5.65. The maximum Gasteiger partial charge on any atom is 0.416 e. The Morgan fingerprint density at radius 3 is 2.62 bits per heavy atom. The number of halogens is 3. The molecule has 0 aliphatic carbocycles. The molecular weight excluding hydrogens is 389 g/mol. The third-order valence-corrected chi connectivity index (χ3v) is 3.83. The van der Waals surface area contributed by atoms with E-state index >= 15 is 0 Å². The zero-order valence-electron chi connectivity index (χ0n) is 15.6. The highest BCUT2D eigenvalue weighted by molar-refractivity contribution is 5.67. The first-order valence-corrected chi connectivity index (χ1v) is 8.69. The van der Waals surface area contributed by atoms with Crippen molar-refractivity contribution in [3.05, 3.63) is 71.9 Å². The zero-order chi connectivity index (χ0) is 21.4. The second-order valence-corrected chi connectivity index (χ2v) is 6.16. The van der Waals surface area contributed by atoms with Gasteiger partial charge in [-0.05, 0) is 18.6 Å². The lowest BCUT2D eigenvalue weighted by atomic mass is 10.1. The van der Waals surface area contributed by atoms with Gasteiger partial charge in [0.15, 0.2) is 0 Å². The summed E-state index contributed by atoms with van der Waals surface area (Å²) >= 11 is 0. The number of aliphatic hydroxyl groups is 1. The quantitative estimate of drug-likeness (QED) is 0.643. The predicted octanol–water partition coefficient (Wildman–Crippen LogP) is 4.01. The van der Waals surface area contributed by atoms with E-state index in [0.29, 0.717) is 6.07 Å². The average Bonchev–Trinajstić information content (AvgIpc) is 2.70. The van der Waals surface area contributed by atoms with Gasteiger partial charge in [0, 0.05) is 6.07 Å². The van der Waals surface area contributed by atoms with Crippen LogP contribution in [0.15, 0.2) is 55.1 Å². The summed E-state index contributed by atoms with van der Waals surface area (Å²) in [6.45, 7) is 4.79. The fourth-order valence-corrected chi connectivity index (χ4v) is 2.34. The molecule has 0 spiro atoms. The van der Waals surface area contributed by atoms with Gasteiger partial charge in [0.05, 0.1) is 17.3 Å². The van der Waals surface area contributed by atoms with Gasteiger partial charge >= 0.3 is 12.3 Å². The normalized spacial score (nSPS) is 13.3. The van der Waals surface area contributed by atoms with Crippen molar-refractivity contribution in [1.29, 1.82) is 0 Å². The molecule has 6 nitrogen and oxygen atoms in total. The largest absolute Gasteiger partial charge is 0.473 e. The monoisotopic (exact) mass is 410 g/mol. The Bertz CT molecular complexity index is 828. The number of benzene rings is 1. The molecule has 156 valence electrons. The van der Waals surface area contributed by atoms with E-state index in [2.05, 4.69) is 16.9 Å². The second kappa shape index (κ2) is 9.92. The Morgan fingerprint density at radius 1 is 1.31 bits per heavy atom. The molecule has 0 bridgehead atoms. The van der Waals surface area contributed by atoms with Gasteiger partial charge in [-0.3, -0.25) is 0 Å². The second-order valence-electron chi connectivity index (χ2n) is 6.16. The van der Waals surface area contributed by atoms with Crippen LogP contribution in [0.3, 0.4) is 0 Å². The van der Waals surface area contributed by atoms with Crippen LogP contribution in [0.2, 0.25) is 0 Å². The molecule has 0 fully saturated rings. The molecule has 9 heteroatoms. The highest BCUT2D eigenvalue weighted by Gasteiger charge is 2.33. The summed E-state index contributed by atoms with van der Waals surface area (Å²) in [4.78, 5) is 15.8. The molecule has 2 N–H and O–H groups in total. The third-order valence-electron chi connectivity index (χ3n) is 3.83. The van der Waals surface area contributed by atoms with E-state index in [1.807, 2.05) is 6.07 Å².